The number of carbonyl (C=O) groups excluding carboxylic acids is 1. The molecule has 0 aliphatic carbocycles. The highest BCUT2D eigenvalue weighted by Gasteiger charge is 2.15. The minimum Gasteiger partial charge on any atom is -0.457 e. The molecule has 1 N–H and O–H groups in total. The molecule has 0 saturated carbocycles. The second-order valence-corrected chi connectivity index (χ2v) is 7.96. The summed E-state index contributed by atoms with van der Waals surface area (Å²) >= 11 is 13.4. The summed E-state index contributed by atoms with van der Waals surface area (Å²) in [4.78, 5) is 12.4. The number of furan rings is 1. The summed E-state index contributed by atoms with van der Waals surface area (Å²) in [5.74, 6) is 0.270. The van der Waals surface area contributed by atoms with Crippen molar-refractivity contribution in [3.05, 3.63) is 56.7 Å². The number of aromatic nitrogens is 2. The number of amides is 1. The summed E-state index contributed by atoms with van der Waals surface area (Å²) in [6.45, 7) is 2.09. The third kappa shape index (κ3) is 5.45. The molecule has 0 atom stereocenters. The highest BCUT2D eigenvalue weighted by atomic mass is 35.5. The summed E-state index contributed by atoms with van der Waals surface area (Å²) in [5.41, 5.74) is 0.547. The number of halogens is 2. The second-order valence-electron chi connectivity index (χ2n) is 6.05. The number of benzene rings is 1. The van der Waals surface area contributed by atoms with Crippen LogP contribution in [0.25, 0.3) is 17.4 Å². The second kappa shape index (κ2) is 9.70. The SMILES string of the molecule is CCCCc1nnc(NC(=O)/C(C#N)=C\c2ccc(-c3ccc(Cl)cc3Cl)o2)s1. The van der Waals surface area contributed by atoms with Crippen LogP contribution >= 0.6 is 34.5 Å². The standard InChI is InChI=1S/C20H16Cl2N4O2S/c1-2-3-4-18-25-26-20(29-18)24-19(27)12(11-23)9-14-6-8-17(28-14)15-7-5-13(21)10-16(15)22/h5-10H,2-4H2,1H3,(H,24,26,27)/b12-9-. The van der Waals surface area contributed by atoms with Gasteiger partial charge in [-0.3, -0.25) is 10.1 Å². The molecule has 0 saturated heterocycles. The Bertz CT molecular complexity index is 1100. The zero-order valence-corrected chi connectivity index (χ0v) is 17.7. The zero-order valence-electron chi connectivity index (χ0n) is 15.4. The van der Waals surface area contributed by atoms with Crippen LogP contribution in [0.5, 0.6) is 0 Å². The van der Waals surface area contributed by atoms with Crippen molar-refractivity contribution < 1.29 is 9.21 Å². The van der Waals surface area contributed by atoms with Gasteiger partial charge in [0.25, 0.3) is 5.91 Å². The number of hydrogen-bond donors (Lipinski definition) is 1. The van der Waals surface area contributed by atoms with E-state index in [1.165, 1.54) is 17.4 Å². The number of unbranched alkanes of at least 4 members (excludes halogenated alkanes) is 1. The predicted molar refractivity (Wildman–Crippen MR) is 115 cm³/mol. The first kappa shape index (κ1) is 21.1. The van der Waals surface area contributed by atoms with Crippen LogP contribution in [0.1, 0.15) is 30.5 Å². The predicted octanol–water partition coefficient (Wildman–Crippen LogP) is 5.99. The van der Waals surface area contributed by atoms with E-state index in [1.54, 1.807) is 30.3 Å². The molecule has 0 radical (unpaired) electrons. The summed E-state index contributed by atoms with van der Waals surface area (Å²) in [6, 6.07) is 10.3. The third-order valence-corrected chi connectivity index (χ3v) is 5.35. The van der Waals surface area contributed by atoms with Gasteiger partial charge in [-0.2, -0.15) is 5.26 Å². The van der Waals surface area contributed by atoms with Crippen molar-refractivity contribution in [2.24, 2.45) is 0 Å². The largest absolute Gasteiger partial charge is 0.457 e. The Balaban J connectivity index is 1.74. The van der Waals surface area contributed by atoms with Crippen LogP contribution in [0.3, 0.4) is 0 Å². The zero-order chi connectivity index (χ0) is 20.8. The molecule has 0 fully saturated rings. The van der Waals surface area contributed by atoms with E-state index < -0.39 is 5.91 Å². The van der Waals surface area contributed by atoms with Gasteiger partial charge in [0.2, 0.25) is 5.13 Å². The van der Waals surface area contributed by atoms with E-state index in [-0.39, 0.29) is 5.57 Å². The van der Waals surface area contributed by atoms with E-state index in [9.17, 15) is 10.1 Å². The lowest BCUT2D eigenvalue weighted by atomic mass is 10.2. The maximum atomic E-state index is 12.4. The van der Waals surface area contributed by atoms with Crippen molar-refractivity contribution in [2.45, 2.75) is 26.2 Å². The van der Waals surface area contributed by atoms with Crippen molar-refractivity contribution in [1.29, 1.82) is 5.26 Å². The van der Waals surface area contributed by atoms with Crippen LogP contribution in [0.4, 0.5) is 5.13 Å². The molecule has 0 spiro atoms. The maximum Gasteiger partial charge on any atom is 0.268 e. The normalized spacial score (nSPS) is 11.3. The molecule has 29 heavy (non-hydrogen) atoms. The lowest BCUT2D eigenvalue weighted by Gasteiger charge is -2.01. The molecule has 0 unspecified atom stereocenters. The molecule has 148 valence electrons. The fourth-order valence-corrected chi connectivity index (χ4v) is 3.73. The lowest BCUT2D eigenvalue weighted by Crippen LogP contribution is -2.13. The Morgan fingerprint density at radius 3 is 2.86 bits per heavy atom. The molecule has 2 aromatic heterocycles. The maximum absolute atomic E-state index is 12.4. The van der Waals surface area contributed by atoms with Gasteiger partial charge in [0.15, 0.2) is 0 Å². The number of aryl methyl sites for hydroxylation is 1. The Morgan fingerprint density at radius 1 is 1.31 bits per heavy atom. The van der Waals surface area contributed by atoms with E-state index in [1.807, 2.05) is 6.07 Å². The fraction of sp³-hybridized carbons (Fsp3) is 0.200. The van der Waals surface area contributed by atoms with Crippen LogP contribution < -0.4 is 5.32 Å². The molecule has 0 aliphatic rings. The Labute approximate surface area is 181 Å². The summed E-state index contributed by atoms with van der Waals surface area (Å²) < 4.78 is 5.71. The van der Waals surface area contributed by atoms with Crippen LogP contribution in [0, 0.1) is 11.3 Å². The van der Waals surface area contributed by atoms with Gasteiger partial charge in [-0.05, 0) is 36.8 Å². The first-order chi connectivity index (χ1) is 14.0. The lowest BCUT2D eigenvalue weighted by molar-refractivity contribution is -0.112. The molecule has 1 amide bonds. The third-order valence-electron chi connectivity index (χ3n) is 3.91. The number of nitriles is 1. The number of nitrogens with one attached hydrogen (secondary N) is 1. The summed E-state index contributed by atoms with van der Waals surface area (Å²) in [6.07, 6.45) is 4.23. The highest BCUT2D eigenvalue weighted by Crippen LogP contribution is 2.32. The highest BCUT2D eigenvalue weighted by molar-refractivity contribution is 7.15. The van der Waals surface area contributed by atoms with E-state index in [0.717, 1.165) is 24.3 Å². The molecule has 0 aliphatic heterocycles. The number of rotatable bonds is 7. The molecule has 2 heterocycles. The van der Waals surface area contributed by atoms with Gasteiger partial charge < -0.3 is 4.42 Å². The van der Waals surface area contributed by atoms with E-state index in [0.29, 0.717) is 32.3 Å². The quantitative estimate of drug-likeness (QED) is 0.355. The molecular formula is C20H16Cl2N4O2S. The van der Waals surface area contributed by atoms with Crippen LogP contribution in [-0.2, 0) is 11.2 Å². The van der Waals surface area contributed by atoms with Gasteiger partial charge in [-0.1, -0.05) is 47.9 Å². The Morgan fingerprint density at radius 2 is 2.14 bits per heavy atom. The monoisotopic (exact) mass is 446 g/mol. The first-order valence-electron chi connectivity index (χ1n) is 8.81. The molecule has 0 bridgehead atoms. The van der Waals surface area contributed by atoms with E-state index >= 15 is 0 Å². The molecule has 1 aromatic carbocycles. The van der Waals surface area contributed by atoms with Crippen molar-refractivity contribution in [3.63, 3.8) is 0 Å². The Hall–Kier alpha value is -2.66. The van der Waals surface area contributed by atoms with Crippen LogP contribution in [0.15, 0.2) is 40.3 Å². The number of carbonyl (C=O) groups is 1. The van der Waals surface area contributed by atoms with Crippen LogP contribution in [-0.4, -0.2) is 16.1 Å². The molecule has 3 rings (SSSR count). The average molecular weight is 447 g/mol. The Kier molecular flexibility index (Phi) is 7.04. The molecular weight excluding hydrogens is 431 g/mol. The van der Waals surface area contributed by atoms with E-state index in [4.69, 9.17) is 27.6 Å². The van der Waals surface area contributed by atoms with Gasteiger partial charge in [-0.25, -0.2) is 0 Å². The topological polar surface area (TPSA) is 91.8 Å². The van der Waals surface area contributed by atoms with Gasteiger partial charge in [-0.15, -0.1) is 10.2 Å². The number of nitrogens with zero attached hydrogens (tertiary/aromatic N) is 3. The molecule has 3 aromatic rings. The summed E-state index contributed by atoms with van der Waals surface area (Å²) in [5, 5.41) is 22.1. The van der Waals surface area contributed by atoms with Crippen molar-refractivity contribution >= 4 is 51.7 Å². The van der Waals surface area contributed by atoms with Crippen molar-refractivity contribution in [1.82, 2.24) is 10.2 Å². The van der Waals surface area contributed by atoms with Gasteiger partial charge in [0, 0.05) is 23.1 Å². The summed E-state index contributed by atoms with van der Waals surface area (Å²) in [7, 11) is 0. The molecule has 6 nitrogen and oxygen atoms in total. The van der Waals surface area contributed by atoms with Crippen molar-refractivity contribution in [3.8, 4) is 17.4 Å². The van der Waals surface area contributed by atoms with E-state index in [2.05, 4.69) is 22.4 Å². The number of hydrogen-bond acceptors (Lipinski definition) is 6. The first-order valence-corrected chi connectivity index (χ1v) is 10.4. The smallest absolute Gasteiger partial charge is 0.268 e. The minimum absolute atomic E-state index is 0.113. The van der Waals surface area contributed by atoms with Crippen LogP contribution in [0.2, 0.25) is 10.0 Å². The molecule has 9 heteroatoms. The average Bonchev–Trinajstić information content (AvgIpc) is 3.33. The minimum atomic E-state index is -0.576. The van der Waals surface area contributed by atoms with Gasteiger partial charge in [0.1, 0.15) is 28.2 Å². The van der Waals surface area contributed by atoms with Gasteiger partial charge in [0.05, 0.1) is 5.02 Å². The van der Waals surface area contributed by atoms with Crippen molar-refractivity contribution in [2.75, 3.05) is 5.32 Å². The van der Waals surface area contributed by atoms with Gasteiger partial charge >= 0.3 is 0 Å². The fourth-order valence-electron chi connectivity index (χ4n) is 2.45. The number of anilines is 1.